The summed E-state index contributed by atoms with van der Waals surface area (Å²) in [7, 11) is 1.45. The molecule has 1 heterocycles. The average molecular weight is 329 g/mol. The number of halogens is 3. The van der Waals surface area contributed by atoms with Crippen molar-refractivity contribution >= 4 is 11.8 Å². The van der Waals surface area contributed by atoms with E-state index in [1.807, 2.05) is 0 Å². The van der Waals surface area contributed by atoms with Crippen LogP contribution >= 0.6 is 0 Å². The Hall–Kier alpha value is -2.09. The Morgan fingerprint density at radius 1 is 1.39 bits per heavy atom. The van der Waals surface area contributed by atoms with Crippen LogP contribution in [0.1, 0.15) is 17.5 Å². The number of nitrogens with one attached hydrogen (secondary N) is 2. The largest absolute Gasteiger partial charge is 0.416 e. The minimum atomic E-state index is -4.45. The van der Waals surface area contributed by atoms with Gasteiger partial charge in [-0.3, -0.25) is 14.5 Å². The van der Waals surface area contributed by atoms with Gasteiger partial charge in [-0.2, -0.15) is 13.2 Å². The van der Waals surface area contributed by atoms with Gasteiger partial charge in [0, 0.05) is 26.7 Å². The second-order valence-corrected chi connectivity index (χ2v) is 5.31. The molecule has 1 saturated heterocycles. The molecule has 0 aliphatic carbocycles. The van der Waals surface area contributed by atoms with Gasteiger partial charge in [0.1, 0.15) is 0 Å². The van der Waals surface area contributed by atoms with Crippen LogP contribution in [0.5, 0.6) is 0 Å². The number of benzene rings is 1. The molecular formula is C15H18F3N3O2. The molecule has 0 bridgehead atoms. The Morgan fingerprint density at radius 3 is 2.74 bits per heavy atom. The number of rotatable bonds is 4. The summed E-state index contributed by atoms with van der Waals surface area (Å²) < 4.78 is 39.2. The van der Waals surface area contributed by atoms with Crippen LogP contribution < -0.4 is 10.6 Å². The number of hydrogen-bond acceptors (Lipinski definition) is 3. The van der Waals surface area contributed by atoms with Crippen LogP contribution in [0, 0.1) is 0 Å². The fourth-order valence-electron chi connectivity index (χ4n) is 2.60. The first-order valence-electron chi connectivity index (χ1n) is 7.20. The lowest BCUT2D eigenvalue weighted by Gasteiger charge is -2.35. The first-order chi connectivity index (χ1) is 10.8. The van der Waals surface area contributed by atoms with E-state index in [1.54, 1.807) is 4.90 Å². The van der Waals surface area contributed by atoms with Gasteiger partial charge >= 0.3 is 6.18 Å². The summed E-state index contributed by atoms with van der Waals surface area (Å²) in [5, 5.41) is 5.07. The van der Waals surface area contributed by atoms with Crippen LogP contribution in [0.4, 0.5) is 13.2 Å². The molecule has 1 unspecified atom stereocenters. The van der Waals surface area contributed by atoms with E-state index in [9.17, 15) is 22.8 Å². The van der Waals surface area contributed by atoms with Crippen molar-refractivity contribution in [3.05, 3.63) is 35.4 Å². The van der Waals surface area contributed by atoms with Gasteiger partial charge in [-0.25, -0.2) is 0 Å². The monoisotopic (exact) mass is 329 g/mol. The number of hydrogen-bond donors (Lipinski definition) is 2. The van der Waals surface area contributed by atoms with Gasteiger partial charge in [0.15, 0.2) is 0 Å². The topological polar surface area (TPSA) is 61.4 Å². The lowest BCUT2D eigenvalue weighted by atomic mass is 10.0. The molecule has 0 saturated carbocycles. The maximum absolute atomic E-state index is 13.1. The molecular weight excluding hydrogens is 311 g/mol. The number of piperazine rings is 1. The minimum absolute atomic E-state index is 0.0369. The van der Waals surface area contributed by atoms with E-state index in [2.05, 4.69) is 10.6 Å². The number of carbonyl (C=O) groups excluding carboxylic acids is 2. The van der Waals surface area contributed by atoms with Crippen LogP contribution in [0.15, 0.2) is 24.3 Å². The highest BCUT2D eigenvalue weighted by Gasteiger charge is 2.36. The summed E-state index contributed by atoms with van der Waals surface area (Å²) in [5.74, 6) is -0.675. The third-order valence-electron chi connectivity index (χ3n) is 3.80. The summed E-state index contributed by atoms with van der Waals surface area (Å²) in [5.41, 5.74) is -0.624. The van der Waals surface area contributed by atoms with Gasteiger partial charge in [0.05, 0.1) is 18.0 Å². The molecule has 2 N–H and O–H groups in total. The zero-order valence-corrected chi connectivity index (χ0v) is 12.6. The Morgan fingerprint density at radius 2 is 2.09 bits per heavy atom. The molecule has 0 spiro atoms. The molecule has 0 radical (unpaired) electrons. The molecule has 5 nitrogen and oxygen atoms in total. The van der Waals surface area contributed by atoms with E-state index >= 15 is 0 Å². The summed E-state index contributed by atoms with van der Waals surface area (Å²) in [6.07, 6.45) is -4.54. The quantitative estimate of drug-likeness (QED) is 0.871. The number of nitrogens with zero attached hydrogens (tertiary/aromatic N) is 1. The van der Waals surface area contributed by atoms with Gasteiger partial charge in [-0.05, 0) is 11.6 Å². The van der Waals surface area contributed by atoms with Gasteiger partial charge in [-0.1, -0.05) is 18.2 Å². The van der Waals surface area contributed by atoms with Gasteiger partial charge in [0.2, 0.25) is 11.8 Å². The normalized spacial score (nSPS) is 19.3. The second-order valence-electron chi connectivity index (χ2n) is 5.31. The average Bonchev–Trinajstić information content (AvgIpc) is 2.50. The molecule has 1 aromatic rings. The number of alkyl halides is 3. The molecule has 1 fully saturated rings. The predicted octanol–water partition coefficient (Wildman–Crippen LogP) is 1.14. The molecule has 23 heavy (non-hydrogen) atoms. The van der Waals surface area contributed by atoms with Crippen molar-refractivity contribution in [1.29, 1.82) is 0 Å². The lowest BCUT2D eigenvalue weighted by Crippen LogP contribution is -2.56. The summed E-state index contributed by atoms with van der Waals surface area (Å²) in [4.78, 5) is 25.1. The van der Waals surface area contributed by atoms with Crippen molar-refractivity contribution in [2.75, 3.05) is 20.1 Å². The summed E-state index contributed by atoms with van der Waals surface area (Å²) >= 11 is 0. The third kappa shape index (κ3) is 4.22. The van der Waals surface area contributed by atoms with Crippen LogP contribution in [0.3, 0.4) is 0 Å². The molecule has 1 aliphatic heterocycles. The molecule has 0 aromatic heterocycles. The first kappa shape index (κ1) is 17.3. The Labute approximate surface area is 131 Å². The lowest BCUT2D eigenvalue weighted by molar-refractivity contribution is -0.139. The van der Waals surface area contributed by atoms with Gasteiger partial charge in [-0.15, -0.1) is 0 Å². The summed E-state index contributed by atoms with van der Waals surface area (Å²) in [6.45, 7) is 0.696. The van der Waals surface area contributed by atoms with Crippen molar-refractivity contribution < 1.29 is 22.8 Å². The fourth-order valence-corrected chi connectivity index (χ4v) is 2.60. The van der Waals surface area contributed by atoms with Crippen LogP contribution in [-0.2, 0) is 22.3 Å². The zero-order valence-electron chi connectivity index (χ0n) is 12.6. The van der Waals surface area contributed by atoms with Crippen LogP contribution in [-0.4, -0.2) is 42.9 Å². The molecule has 8 heteroatoms. The van der Waals surface area contributed by atoms with E-state index in [0.717, 1.165) is 6.07 Å². The molecule has 2 amide bonds. The van der Waals surface area contributed by atoms with Gasteiger partial charge < -0.3 is 10.6 Å². The van der Waals surface area contributed by atoms with Crippen molar-refractivity contribution in [3.63, 3.8) is 0 Å². The molecule has 1 aromatic carbocycles. The standard InChI is InChI=1S/C15H18F3N3O2/c1-19-13(22)8-12-14(23)20-6-7-21(12)9-10-4-2-3-5-11(10)15(16,17)18/h2-5,12H,6-9H2,1H3,(H,19,22)(H,20,23). The highest BCUT2D eigenvalue weighted by Crippen LogP contribution is 2.32. The maximum atomic E-state index is 13.1. The molecule has 126 valence electrons. The Bertz CT molecular complexity index is 590. The molecule has 2 rings (SSSR count). The van der Waals surface area contributed by atoms with Crippen molar-refractivity contribution in [3.8, 4) is 0 Å². The van der Waals surface area contributed by atoms with Crippen LogP contribution in [0.2, 0.25) is 0 Å². The van der Waals surface area contributed by atoms with E-state index < -0.39 is 17.8 Å². The maximum Gasteiger partial charge on any atom is 0.416 e. The van der Waals surface area contributed by atoms with E-state index in [0.29, 0.717) is 13.1 Å². The van der Waals surface area contributed by atoms with Gasteiger partial charge in [0.25, 0.3) is 0 Å². The number of amides is 2. The molecule has 1 aliphatic rings. The highest BCUT2D eigenvalue weighted by atomic mass is 19.4. The minimum Gasteiger partial charge on any atom is -0.359 e. The SMILES string of the molecule is CNC(=O)CC1C(=O)NCCN1Cc1ccccc1C(F)(F)F. The van der Waals surface area contributed by atoms with E-state index in [4.69, 9.17) is 0 Å². The first-order valence-corrected chi connectivity index (χ1v) is 7.20. The summed E-state index contributed by atoms with van der Waals surface area (Å²) in [6, 6.07) is 4.50. The molecule has 1 atom stereocenters. The highest BCUT2D eigenvalue weighted by molar-refractivity contribution is 5.88. The second kappa shape index (κ2) is 6.99. The Balaban J connectivity index is 2.23. The smallest absolute Gasteiger partial charge is 0.359 e. The number of carbonyl (C=O) groups is 2. The third-order valence-corrected chi connectivity index (χ3v) is 3.80. The van der Waals surface area contributed by atoms with Crippen LogP contribution in [0.25, 0.3) is 0 Å². The van der Waals surface area contributed by atoms with Crippen molar-refractivity contribution in [2.45, 2.75) is 25.2 Å². The zero-order chi connectivity index (χ0) is 17.0. The van der Waals surface area contributed by atoms with E-state index in [-0.39, 0.29) is 30.3 Å². The van der Waals surface area contributed by atoms with Crippen molar-refractivity contribution in [1.82, 2.24) is 15.5 Å². The Kier molecular flexibility index (Phi) is 5.25. The van der Waals surface area contributed by atoms with E-state index in [1.165, 1.54) is 25.2 Å². The fraction of sp³-hybridized carbons (Fsp3) is 0.467. The van der Waals surface area contributed by atoms with Crippen molar-refractivity contribution in [2.24, 2.45) is 0 Å². The predicted molar refractivity (Wildman–Crippen MR) is 77.3 cm³/mol.